The highest BCUT2D eigenvalue weighted by atomic mass is 19.1. The number of ether oxygens (including phenoxy) is 1. The molecule has 3 aromatic carbocycles. The lowest BCUT2D eigenvalue weighted by Gasteiger charge is -2.38. The van der Waals surface area contributed by atoms with Crippen LogP contribution in [0.4, 0.5) is 10.1 Å². The minimum atomic E-state index is -1.20. The molecule has 0 aromatic heterocycles. The van der Waals surface area contributed by atoms with Crippen molar-refractivity contribution in [3.63, 3.8) is 0 Å². The van der Waals surface area contributed by atoms with Crippen molar-refractivity contribution < 1.29 is 18.7 Å². The van der Waals surface area contributed by atoms with E-state index >= 15 is 0 Å². The maximum atomic E-state index is 14.1. The molecular weight excluding hydrogens is 419 g/mol. The minimum absolute atomic E-state index is 0.122. The smallest absolute Gasteiger partial charge is 0.257 e. The molecule has 1 saturated heterocycles. The van der Waals surface area contributed by atoms with Gasteiger partial charge in [-0.15, -0.1) is 0 Å². The Labute approximate surface area is 191 Å². The third kappa shape index (κ3) is 2.70. The molecule has 0 radical (unpaired) electrons. The van der Waals surface area contributed by atoms with Crippen LogP contribution in [-0.2, 0) is 4.79 Å². The first kappa shape index (κ1) is 20.0. The highest BCUT2D eigenvalue weighted by Crippen LogP contribution is 2.59. The number of carbonyl (C=O) groups excluding carboxylic acids is 2. The molecule has 3 aliphatic rings. The van der Waals surface area contributed by atoms with Crippen molar-refractivity contribution in [2.75, 3.05) is 11.9 Å². The van der Waals surface area contributed by atoms with Gasteiger partial charge in [-0.25, -0.2) is 4.39 Å². The number of fused-ring (bicyclic) bond motifs is 6. The van der Waals surface area contributed by atoms with Crippen molar-refractivity contribution in [1.29, 1.82) is 0 Å². The fourth-order valence-corrected chi connectivity index (χ4v) is 6.01. The number of nitrogens with one attached hydrogen (secondary N) is 1. The summed E-state index contributed by atoms with van der Waals surface area (Å²) in [6, 6.07) is 19.4. The second kappa shape index (κ2) is 6.91. The van der Waals surface area contributed by atoms with Gasteiger partial charge in [-0.05, 0) is 43.7 Å². The molecule has 4 atom stereocenters. The summed E-state index contributed by atoms with van der Waals surface area (Å²) in [6.45, 7) is 4.22. The number of nitrogens with zero attached hydrogens (tertiary/aromatic N) is 1. The number of hydrogen-bond donors (Lipinski definition) is 1. The molecule has 0 saturated carbocycles. The molecule has 6 heteroatoms. The van der Waals surface area contributed by atoms with E-state index in [1.807, 2.05) is 62.4 Å². The molecule has 0 spiro atoms. The molecule has 3 aliphatic heterocycles. The maximum Gasteiger partial charge on any atom is 0.257 e. The number of aryl methyl sites for hydroxylation is 1. The van der Waals surface area contributed by atoms with E-state index in [-0.39, 0.29) is 35.4 Å². The molecule has 33 heavy (non-hydrogen) atoms. The number of anilines is 1. The molecule has 2 amide bonds. The molecule has 3 heterocycles. The second-order valence-electron chi connectivity index (χ2n) is 9.32. The summed E-state index contributed by atoms with van der Waals surface area (Å²) in [7, 11) is 0. The Hall–Kier alpha value is -3.67. The first-order valence-electron chi connectivity index (χ1n) is 11.1. The molecule has 166 valence electrons. The van der Waals surface area contributed by atoms with E-state index < -0.39 is 11.4 Å². The fourth-order valence-electron chi connectivity index (χ4n) is 6.01. The van der Waals surface area contributed by atoms with Gasteiger partial charge in [0.15, 0.2) is 0 Å². The van der Waals surface area contributed by atoms with E-state index in [1.54, 1.807) is 4.90 Å². The van der Waals surface area contributed by atoms with Gasteiger partial charge >= 0.3 is 0 Å². The van der Waals surface area contributed by atoms with E-state index in [9.17, 15) is 14.0 Å². The highest BCUT2D eigenvalue weighted by Gasteiger charge is 2.65. The lowest BCUT2D eigenvalue weighted by atomic mass is 9.73. The maximum absolute atomic E-state index is 14.1. The van der Waals surface area contributed by atoms with Crippen molar-refractivity contribution in [3.8, 4) is 5.75 Å². The Bertz CT molecular complexity index is 1310. The van der Waals surface area contributed by atoms with Crippen LogP contribution in [-0.4, -0.2) is 28.9 Å². The molecule has 0 aliphatic carbocycles. The number of rotatable bonds is 1. The van der Waals surface area contributed by atoms with Crippen molar-refractivity contribution in [3.05, 3.63) is 94.8 Å². The van der Waals surface area contributed by atoms with Crippen LogP contribution < -0.4 is 10.1 Å². The number of amides is 2. The van der Waals surface area contributed by atoms with Crippen molar-refractivity contribution in [2.45, 2.75) is 31.3 Å². The molecule has 1 fully saturated rings. The zero-order valence-electron chi connectivity index (χ0n) is 18.3. The van der Waals surface area contributed by atoms with Gasteiger partial charge in [0.2, 0.25) is 0 Å². The summed E-state index contributed by atoms with van der Waals surface area (Å²) < 4.78 is 20.2. The van der Waals surface area contributed by atoms with Crippen LogP contribution in [0.3, 0.4) is 0 Å². The Morgan fingerprint density at radius 1 is 1.06 bits per heavy atom. The van der Waals surface area contributed by atoms with Crippen LogP contribution in [0.2, 0.25) is 0 Å². The topological polar surface area (TPSA) is 58.6 Å². The van der Waals surface area contributed by atoms with Gasteiger partial charge in [0, 0.05) is 17.4 Å². The van der Waals surface area contributed by atoms with Crippen LogP contribution in [0.25, 0.3) is 0 Å². The standard InChI is InChI=1S/C27H23FN2O3/c1-15-8-11-22-19(12-15)24-20(14-33-22)23(16-6-4-3-5-7-16)27(2)26(32)29-21-13-17(28)9-10-18(21)25(31)30(24)27/h3-13,20,23-24H,14H2,1-2H3,(H,29,32)/t20-,23+,24+,27-/m1/s1. The number of hydrogen-bond acceptors (Lipinski definition) is 3. The minimum Gasteiger partial charge on any atom is -0.493 e. The van der Waals surface area contributed by atoms with Crippen LogP contribution in [0.15, 0.2) is 66.7 Å². The monoisotopic (exact) mass is 442 g/mol. The molecule has 0 bridgehead atoms. The predicted octanol–water partition coefficient (Wildman–Crippen LogP) is 4.83. The number of halogens is 1. The molecule has 6 rings (SSSR count). The van der Waals surface area contributed by atoms with E-state index in [1.165, 1.54) is 18.2 Å². The van der Waals surface area contributed by atoms with Crippen molar-refractivity contribution in [1.82, 2.24) is 4.90 Å². The Balaban J connectivity index is 1.63. The normalized spacial score (nSPS) is 27.5. The van der Waals surface area contributed by atoms with Crippen LogP contribution in [0.1, 0.15) is 45.9 Å². The molecule has 0 unspecified atom stereocenters. The predicted molar refractivity (Wildman–Crippen MR) is 122 cm³/mol. The fraction of sp³-hybridized carbons (Fsp3) is 0.259. The van der Waals surface area contributed by atoms with Gasteiger partial charge in [0.25, 0.3) is 11.8 Å². The van der Waals surface area contributed by atoms with Gasteiger partial charge in [-0.3, -0.25) is 9.59 Å². The quantitative estimate of drug-likeness (QED) is 0.587. The van der Waals surface area contributed by atoms with E-state index in [0.29, 0.717) is 12.2 Å². The SMILES string of the molecule is Cc1ccc2c(c1)[C@H]1[C@H](CO2)[C@H](c2ccccc2)[C@]2(C)C(=O)Nc3cc(F)ccc3C(=O)N12. The summed E-state index contributed by atoms with van der Waals surface area (Å²) >= 11 is 0. The zero-order valence-corrected chi connectivity index (χ0v) is 18.3. The van der Waals surface area contributed by atoms with Crippen LogP contribution in [0, 0.1) is 18.7 Å². The van der Waals surface area contributed by atoms with Gasteiger partial charge in [0.1, 0.15) is 17.1 Å². The average Bonchev–Trinajstić information content (AvgIpc) is 3.05. The Kier molecular flexibility index (Phi) is 4.18. The van der Waals surface area contributed by atoms with Crippen molar-refractivity contribution >= 4 is 17.5 Å². The zero-order chi connectivity index (χ0) is 22.9. The summed E-state index contributed by atoms with van der Waals surface area (Å²) in [5.74, 6) is -0.802. The molecule has 5 nitrogen and oxygen atoms in total. The first-order chi connectivity index (χ1) is 15.9. The summed E-state index contributed by atoms with van der Waals surface area (Å²) in [4.78, 5) is 29.7. The van der Waals surface area contributed by atoms with Gasteiger partial charge in [-0.1, -0.05) is 48.0 Å². The second-order valence-corrected chi connectivity index (χ2v) is 9.32. The molecule has 1 N–H and O–H groups in total. The van der Waals surface area contributed by atoms with Crippen molar-refractivity contribution in [2.24, 2.45) is 5.92 Å². The van der Waals surface area contributed by atoms with Gasteiger partial charge < -0.3 is 15.0 Å². The third-order valence-electron chi connectivity index (χ3n) is 7.43. The lowest BCUT2D eigenvalue weighted by Crippen LogP contribution is -2.54. The largest absolute Gasteiger partial charge is 0.493 e. The van der Waals surface area contributed by atoms with Gasteiger partial charge in [0.05, 0.1) is 23.9 Å². The summed E-state index contributed by atoms with van der Waals surface area (Å²) in [6.07, 6.45) is 0. The van der Waals surface area contributed by atoms with E-state index in [0.717, 1.165) is 22.4 Å². The summed E-state index contributed by atoms with van der Waals surface area (Å²) in [5, 5.41) is 2.87. The number of carbonyl (C=O) groups is 2. The van der Waals surface area contributed by atoms with E-state index in [2.05, 4.69) is 5.32 Å². The highest BCUT2D eigenvalue weighted by molar-refractivity contribution is 6.12. The Morgan fingerprint density at radius 3 is 2.64 bits per heavy atom. The lowest BCUT2D eigenvalue weighted by molar-refractivity contribution is -0.125. The number of benzene rings is 3. The molecular formula is C27H23FN2O3. The molecule has 3 aromatic rings. The average molecular weight is 442 g/mol. The third-order valence-corrected chi connectivity index (χ3v) is 7.43. The van der Waals surface area contributed by atoms with E-state index in [4.69, 9.17) is 4.74 Å². The van der Waals surface area contributed by atoms with Gasteiger partial charge in [-0.2, -0.15) is 0 Å². The Morgan fingerprint density at radius 2 is 1.85 bits per heavy atom. The summed E-state index contributed by atoms with van der Waals surface area (Å²) in [5.41, 5.74) is 2.23. The van der Waals surface area contributed by atoms with Crippen LogP contribution in [0.5, 0.6) is 5.75 Å². The van der Waals surface area contributed by atoms with Crippen LogP contribution >= 0.6 is 0 Å². The first-order valence-corrected chi connectivity index (χ1v) is 11.1.